The van der Waals surface area contributed by atoms with Crippen LogP contribution < -0.4 is 9.64 Å². The average molecular weight is 421 g/mol. The van der Waals surface area contributed by atoms with Crippen molar-refractivity contribution in [3.05, 3.63) is 24.3 Å². The van der Waals surface area contributed by atoms with E-state index in [9.17, 15) is 4.79 Å². The molecule has 1 saturated heterocycles. The summed E-state index contributed by atoms with van der Waals surface area (Å²) in [5, 5.41) is 0. The highest BCUT2D eigenvalue weighted by molar-refractivity contribution is 5.85. The Bertz CT molecular complexity index is 524. The summed E-state index contributed by atoms with van der Waals surface area (Å²) in [5.74, 6) is 0.896. The van der Waals surface area contributed by atoms with E-state index in [4.69, 9.17) is 9.47 Å². The molecular formula is C20H34Cl2N2O3. The first-order valence-corrected chi connectivity index (χ1v) is 9.50. The fourth-order valence-corrected chi connectivity index (χ4v) is 3.29. The third kappa shape index (κ3) is 9.04. The number of rotatable bonds is 10. The molecule has 0 spiro atoms. The molecule has 0 aliphatic carbocycles. The van der Waals surface area contributed by atoms with E-state index >= 15 is 0 Å². The number of carbonyl (C=O) groups excluding carboxylic acids is 1. The predicted octanol–water partition coefficient (Wildman–Crippen LogP) is 4.17. The summed E-state index contributed by atoms with van der Waals surface area (Å²) in [5.41, 5.74) is 1.20. The third-order valence-electron chi connectivity index (χ3n) is 4.71. The Morgan fingerprint density at radius 2 is 1.67 bits per heavy atom. The Labute approximate surface area is 176 Å². The first-order chi connectivity index (χ1) is 12.2. The zero-order valence-electron chi connectivity index (χ0n) is 16.5. The van der Waals surface area contributed by atoms with Crippen LogP contribution in [0.1, 0.15) is 39.0 Å². The van der Waals surface area contributed by atoms with E-state index < -0.39 is 0 Å². The highest BCUT2D eigenvalue weighted by Gasteiger charge is 2.18. The van der Waals surface area contributed by atoms with Gasteiger partial charge in [-0.25, -0.2) is 0 Å². The van der Waals surface area contributed by atoms with Gasteiger partial charge < -0.3 is 14.4 Å². The van der Waals surface area contributed by atoms with Gasteiger partial charge in [-0.15, -0.1) is 24.8 Å². The molecule has 0 aromatic heterocycles. The van der Waals surface area contributed by atoms with Crippen LogP contribution in [0.25, 0.3) is 0 Å². The maximum absolute atomic E-state index is 11.3. The Morgan fingerprint density at radius 1 is 1.00 bits per heavy atom. The van der Waals surface area contributed by atoms with E-state index in [1.165, 1.54) is 18.5 Å². The largest absolute Gasteiger partial charge is 0.495 e. The van der Waals surface area contributed by atoms with Gasteiger partial charge in [0.05, 0.1) is 19.4 Å². The van der Waals surface area contributed by atoms with Crippen molar-refractivity contribution in [1.29, 1.82) is 0 Å². The second kappa shape index (κ2) is 14.8. The third-order valence-corrected chi connectivity index (χ3v) is 4.71. The maximum Gasteiger partial charge on any atom is 0.305 e. The fourth-order valence-electron chi connectivity index (χ4n) is 3.29. The normalized spacial score (nSPS) is 14.1. The zero-order valence-corrected chi connectivity index (χ0v) is 18.2. The lowest BCUT2D eigenvalue weighted by atomic mass is 10.1. The van der Waals surface area contributed by atoms with E-state index in [1.807, 2.05) is 19.1 Å². The van der Waals surface area contributed by atoms with Crippen molar-refractivity contribution in [2.75, 3.05) is 51.3 Å². The molecule has 0 bridgehead atoms. The van der Waals surface area contributed by atoms with Crippen molar-refractivity contribution in [3.63, 3.8) is 0 Å². The molecule has 1 aliphatic rings. The molecule has 1 aliphatic heterocycles. The van der Waals surface area contributed by atoms with Gasteiger partial charge in [-0.2, -0.15) is 0 Å². The number of hydrogen-bond donors (Lipinski definition) is 0. The van der Waals surface area contributed by atoms with E-state index in [0.717, 1.165) is 51.3 Å². The van der Waals surface area contributed by atoms with Crippen LogP contribution in [0, 0.1) is 0 Å². The lowest BCUT2D eigenvalue weighted by Gasteiger charge is -2.36. The molecule has 1 aromatic carbocycles. The van der Waals surface area contributed by atoms with E-state index in [2.05, 4.69) is 21.9 Å². The van der Waals surface area contributed by atoms with Crippen LogP contribution in [-0.4, -0.2) is 57.3 Å². The Hall–Kier alpha value is -1.17. The van der Waals surface area contributed by atoms with E-state index in [-0.39, 0.29) is 30.8 Å². The van der Waals surface area contributed by atoms with Gasteiger partial charge in [0.1, 0.15) is 5.75 Å². The molecule has 5 nitrogen and oxygen atoms in total. The number of nitrogens with zero attached hydrogens (tertiary/aromatic N) is 2. The molecule has 156 valence electrons. The number of piperazine rings is 1. The van der Waals surface area contributed by atoms with Crippen molar-refractivity contribution in [2.24, 2.45) is 0 Å². The molecule has 1 heterocycles. The topological polar surface area (TPSA) is 42.0 Å². The Kier molecular flexibility index (Phi) is 14.2. The first-order valence-electron chi connectivity index (χ1n) is 9.50. The van der Waals surface area contributed by atoms with Crippen LogP contribution >= 0.6 is 24.8 Å². The molecule has 27 heavy (non-hydrogen) atoms. The minimum atomic E-state index is -0.0602. The minimum absolute atomic E-state index is 0. The van der Waals surface area contributed by atoms with Crippen LogP contribution in [0.3, 0.4) is 0 Å². The number of carbonyl (C=O) groups is 1. The van der Waals surface area contributed by atoms with Gasteiger partial charge in [-0.1, -0.05) is 25.0 Å². The summed E-state index contributed by atoms with van der Waals surface area (Å²) >= 11 is 0. The van der Waals surface area contributed by atoms with Gasteiger partial charge in [0.25, 0.3) is 0 Å². The zero-order chi connectivity index (χ0) is 17.9. The summed E-state index contributed by atoms with van der Waals surface area (Å²) in [6, 6.07) is 8.25. The summed E-state index contributed by atoms with van der Waals surface area (Å²) in [6.07, 6.45) is 5.01. The van der Waals surface area contributed by atoms with Crippen LogP contribution in [-0.2, 0) is 9.53 Å². The molecule has 7 heteroatoms. The monoisotopic (exact) mass is 420 g/mol. The van der Waals surface area contributed by atoms with Crippen LogP contribution in [0.2, 0.25) is 0 Å². The number of halogens is 2. The minimum Gasteiger partial charge on any atom is -0.495 e. The van der Waals surface area contributed by atoms with Gasteiger partial charge in [0, 0.05) is 32.6 Å². The molecule has 2 rings (SSSR count). The highest BCUT2D eigenvalue weighted by atomic mass is 35.5. The van der Waals surface area contributed by atoms with Crippen molar-refractivity contribution in [1.82, 2.24) is 4.90 Å². The molecule has 0 N–H and O–H groups in total. The van der Waals surface area contributed by atoms with Crippen LogP contribution in [0.15, 0.2) is 24.3 Å². The number of anilines is 1. The first kappa shape index (κ1) is 25.8. The van der Waals surface area contributed by atoms with Crippen molar-refractivity contribution < 1.29 is 14.3 Å². The number of unbranched alkanes of at least 4 members (excludes halogenated alkanes) is 3. The van der Waals surface area contributed by atoms with Crippen LogP contribution in [0.5, 0.6) is 5.75 Å². The molecule has 0 radical (unpaired) electrons. The number of esters is 1. The number of hydrogen-bond acceptors (Lipinski definition) is 5. The second-order valence-corrected chi connectivity index (χ2v) is 6.47. The molecule has 0 atom stereocenters. The molecule has 1 aromatic rings. The number of methoxy groups -OCH3 is 1. The SMILES string of the molecule is CCOC(=O)CCCCCCN1CCN(c2ccccc2OC)CC1.Cl.Cl. The van der Waals surface area contributed by atoms with Gasteiger partial charge >= 0.3 is 5.97 Å². The van der Waals surface area contributed by atoms with Crippen molar-refractivity contribution in [3.8, 4) is 5.75 Å². The Morgan fingerprint density at radius 3 is 2.33 bits per heavy atom. The van der Waals surface area contributed by atoms with Gasteiger partial charge in [-0.05, 0) is 38.4 Å². The smallest absolute Gasteiger partial charge is 0.305 e. The maximum atomic E-state index is 11.3. The lowest BCUT2D eigenvalue weighted by molar-refractivity contribution is -0.143. The fraction of sp³-hybridized carbons (Fsp3) is 0.650. The summed E-state index contributed by atoms with van der Waals surface area (Å²) in [6.45, 7) is 7.78. The predicted molar refractivity (Wildman–Crippen MR) is 116 cm³/mol. The number of ether oxygens (including phenoxy) is 2. The molecule has 0 saturated carbocycles. The van der Waals surface area contributed by atoms with Crippen molar-refractivity contribution >= 4 is 36.5 Å². The van der Waals surface area contributed by atoms with Gasteiger partial charge in [0.2, 0.25) is 0 Å². The second-order valence-electron chi connectivity index (χ2n) is 6.47. The number of para-hydroxylation sites is 2. The Balaban J connectivity index is 0.00000338. The van der Waals surface area contributed by atoms with E-state index in [1.54, 1.807) is 7.11 Å². The molecule has 0 amide bonds. The van der Waals surface area contributed by atoms with E-state index in [0.29, 0.717) is 13.0 Å². The average Bonchev–Trinajstić information content (AvgIpc) is 2.65. The summed E-state index contributed by atoms with van der Waals surface area (Å²) in [7, 11) is 1.73. The highest BCUT2D eigenvalue weighted by Crippen LogP contribution is 2.28. The molecular weight excluding hydrogens is 387 g/mol. The standard InChI is InChI=1S/C20H32N2O3.2ClH/c1-3-25-20(23)12-6-4-5-9-13-21-14-16-22(17-15-21)18-10-7-8-11-19(18)24-2;;/h7-8,10-11H,3-6,9,12-17H2,1-2H3;2*1H. The molecule has 1 fully saturated rings. The molecule has 0 unspecified atom stereocenters. The summed E-state index contributed by atoms with van der Waals surface area (Å²) in [4.78, 5) is 16.2. The summed E-state index contributed by atoms with van der Waals surface area (Å²) < 4.78 is 10.4. The van der Waals surface area contributed by atoms with Gasteiger partial charge in [0.15, 0.2) is 0 Å². The van der Waals surface area contributed by atoms with Crippen LogP contribution in [0.4, 0.5) is 5.69 Å². The quantitative estimate of drug-likeness (QED) is 0.419. The lowest BCUT2D eigenvalue weighted by Crippen LogP contribution is -2.46. The number of benzene rings is 1. The van der Waals surface area contributed by atoms with Gasteiger partial charge in [-0.3, -0.25) is 9.69 Å². The van der Waals surface area contributed by atoms with Crippen molar-refractivity contribution in [2.45, 2.75) is 39.0 Å².